The molecule has 0 radical (unpaired) electrons. The van der Waals surface area contributed by atoms with Crippen LogP contribution in [-0.4, -0.2) is 29.0 Å². The summed E-state index contributed by atoms with van der Waals surface area (Å²) in [6.07, 6.45) is 1.54. The average molecular weight is 374 g/mol. The van der Waals surface area contributed by atoms with Gasteiger partial charge in [0.05, 0.1) is 17.5 Å². The molecule has 6 nitrogen and oxygen atoms in total. The molecule has 0 bridgehead atoms. The second-order valence-electron chi connectivity index (χ2n) is 4.96. The van der Waals surface area contributed by atoms with Gasteiger partial charge < -0.3 is 10.1 Å². The molecular formula is C17H12ClN3O3S. The first kappa shape index (κ1) is 17.2. The fourth-order valence-corrected chi connectivity index (χ4v) is 2.75. The SMILES string of the molecule is O=C1CSC(=NN=Cc2ccc(OC(=O)c3cccc(Cl)c3)cc2)N1. The van der Waals surface area contributed by atoms with E-state index in [-0.39, 0.29) is 5.91 Å². The maximum absolute atomic E-state index is 12.0. The van der Waals surface area contributed by atoms with Gasteiger partial charge in [0.25, 0.3) is 0 Å². The summed E-state index contributed by atoms with van der Waals surface area (Å²) in [5.41, 5.74) is 1.16. The summed E-state index contributed by atoms with van der Waals surface area (Å²) in [4.78, 5) is 23.1. The van der Waals surface area contributed by atoms with E-state index in [2.05, 4.69) is 15.5 Å². The van der Waals surface area contributed by atoms with Crippen LogP contribution >= 0.6 is 23.4 Å². The summed E-state index contributed by atoms with van der Waals surface area (Å²) < 4.78 is 5.29. The number of carbonyl (C=O) groups excluding carboxylic acids is 2. The largest absolute Gasteiger partial charge is 0.423 e. The van der Waals surface area contributed by atoms with E-state index in [0.29, 0.717) is 27.3 Å². The number of thioether (sulfide) groups is 1. The molecule has 0 atom stereocenters. The Morgan fingerprint density at radius 3 is 2.72 bits per heavy atom. The lowest BCUT2D eigenvalue weighted by Gasteiger charge is -2.04. The minimum atomic E-state index is -0.482. The number of carbonyl (C=O) groups is 2. The van der Waals surface area contributed by atoms with Crippen LogP contribution in [0.25, 0.3) is 0 Å². The van der Waals surface area contributed by atoms with E-state index in [1.807, 2.05) is 0 Å². The van der Waals surface area contributed by atoms with Crippen LogP contribution in [-0.2, 0) is 4.79 Å². The lowest BCUT2D eigenvalue weighted by molar-refractivity contribution is -0.116. The van der Waals surface area contributed by atoms with Crippen molar-refractivity contribution in [1.29, 1.82) is 0 Å². The van der Waals surface area contributed by atoms with Crippen LogP contribution < -0.4 is 10.1 Å². The second-order valence-corrected chi connectivity index (χ2v) is 6.36. The third-order valence-corrected chi connectivity index (χ3v) is 4.19. The molecule has 8 heteroatoms. The van der Waals surface area contributed by atoms with Crippen LogP contribution in [0.5, 0.6) is 5.75 Å². The van der Waals surface area contributed by atoms with Crippen LogP contribution in [0.2, 0.25) is 5.02 Å². The van der Waals surface area contributed by atoms with Gasteiger partial charge in [0.15, 0.2) is 5.17 Å². The van der Waals surface area contributed by atoms with Crippen molar-refractivity contribution in [3.05, 3.63) is 64.7 Å². The Morgan fingerprint density at radius 2 is 2.04 bits per heavy atom. The van der Waals surface area contributed by atoms with Crippen molar-refractivity contribution in [3.8, 4) is 5.75 Å². The van der Waals surface area contributed by atoms with Crippen LogP contribution in [0.3, 0.4) is 0 Å². The van der Waals surface area contributed by atoms with E-state index in [1.165, 1.54) is 11.8 Å². The third-order valence-electron chi connectivity index (χ3n) is 3.09. The Hall–Kier alpha value is -2.64. The topological polar surface area (TPSA) is 80.1 Å². The fraction of sp³-hybridized carbons (Fsp3) is 0.0588. The van der Waals surface area contributed by atoms with Crippen LogP contribution in [0.1, 0.15) is 15.9 Å². The third kappa shape index (κ3) is 4.91. The summed E-state index contributed by atoms with van der Waals surface area (Å²) in [5.74, 6) is 0.210. The van der Waals surface area contributed by atoms with E-state index >= 15 is 0 Å². The van der Waals surface area contributed by atoms with E-state index in [0.717, 1.165) is 5.56 Å². The van der Waals surface area contributed by atoms with E-state index < -0.39 is 5.97 Å². The Balaban J connectivity index is 1.60. The summed E-state index contributed by atoms with van der Waals surface area (Å²) in [5, 5.41) is 11.4. The van der Waals surface area contributed by atoms with Crippen molar-refractivity contribution in [2.75, 3.05) is 5.75 Å². The van der Waals surface area contributed by atoms with Gasteiger partial charge >= 0.3 is 5.97 Å². The zero-order chi connectivity index (χ0) is 17.6. The highest BCUT2D eigenvalue weighted by Crippen LogP contribution is 2.16. The summed E-state index contributed by atoms with van der Waals surface area (Å²) in [6.45, 7) is 0. The molecule has 1 fully saturated rings. The maximum atomic E-state index is 12.0. The molecule has 1 aliphatic heterocycles. The molecule has 2 aromatic carbocycles. The van der Waals surface area contributed by atoms with E-state index in [9.17, 15) is 9.59 Å². The predicted molar refractivity (Wildman–Crippen MR) is 98.5 cm³/mol. The number of nitrogens with zero attached hydrogens (tertiary/aromatic N) is 2. The molecule has 0 saturated carbocycles. The molecule has 0 aromatic heterocycles. The molecule has 0 unspecified atom stereocenters. The van der Waals surface area contributed by atoms with Crippen molar-refractivity contribution in [2.24, 2.45) is 10.2 Å². The second kappa shape index (κ2) is 7.96. The van der Waals surface area contributed by atoms with Gasteiger partial charge in [-0.3, -0.25) is 4.79 Å². The minimum Gasteiger partial charge on any atom is -0.423 e. The van der Waals surface area contributed by atoms with E-state index in [1.54, 1.807) is 54.7 Å². The number of hydrogen-bond acceptors (Lipinski definition) is 6. The number of esters is 1. The average Bonchev–Trinajstić information content (AvgIpc) is 3.02. The number of hydrogen-bond donors (Lipinski definition) is 1. The zero-order valence-electron chi connectivity index (χ0n) is 12.8. The van der Waals surface area contributed by atoms with Crippen molar-refractivity contribution < 1.29 is 14.3 Å². The molecule has 1 amide bonds. The number of amides is 1. The number of halogens is 1. The van der Waals surface area contributed by atoms with Crippen LogP contribution in [0, 0.1) is 0 Å². The Labute approximate surface area is 152 Å². The molecule has 25 heavy (non-hydrogen) atoms. The molecular weight excluding hydrogens is 362 g/mol. The normalized spacial score (nSPS) is 15.6. The molecule has 126 valence electrons. The Morgan fingerprint density at radius 1 is 1.24 bits per heavy atom. The lowest BCUT2D eigenvalue weighted by Crippen LogP contribution is -2.19. The van der Waals surface area contributed by atoms with Crippen LogP contribution in [0.15, 0.2) is 58.7 Å². The highest BCUT2D eigenvalue weighted by Gasteiger charge is 2.15. The first-order valence-electron chi connectivity index (χ1n) is 7.22. The first-order valence-corrected chi connectivity index (χ1v) is 8.58. The molecule has 2 aromatic rings. The number of nitrogens with one attached hydrogen (secondary N) is 1. The molecule has 1 saturated heterocycles. The van der Waals surface area contributed by atoms with Crippen molar-refractivity contribution in [2.45, 2.75) is 0 Å². The summed E-state index contributed by atoms with van der Waals surface area (Å²) in [6, 6.07) is 13.3. The molecule has 0 aliphatic carbocycles. The van der Waals surface area contributed by atoms with Gasteiger partial charge in [-0.25, -0.2) is 4.79 Å². The molecule has 1 N–H and O–H groups in total. The summed E-state index contributed by atoms with van der Waals surface area (Å²) in [7, 11) is 0. The number of ether oxygens (including phenoxy) is 1. The molecule has 1 heterocycles. The smallest absolute Gasteiger partial charge is 0.343 e. The van der Waals surface area contributed by atoms with Gasteiger partial charge in [0.1, 0.15) is 5.75 Å². The number of benzene rings is 2. The Kier molecular flexibility index (Phi) is 5.47. The first-order chi connectivity index (χ1) is 12.1. The van der Waals surface area contributed by atoms with Crippen molar-refractivity contribution in [1.82, 2.24) is 5.32 Å². The van der Waals surface area contributed by atoms with Crippen molar-refractivity contribution in [3.63, 3.8) is 0 Å². The lowest BCUT2D eigenvalue weighted by atomic mass is 10.2. The fourth-order valence-electron chi connectivity index (χ4n) is 1.93. The molecule has 0 spiro atoms. The minimum absolute atomic E-state index is 0.0789. The van der Waals surface area contributed by atoms with E-state index in [4.69, 9.17) is 16.3 Å². The van der Waals surface area contributed by atoms with Crippen molar-refractivity contribution >= 4 is 46.6 Å². The quantitative estimate of drug-likeness (QED) is 0.386. The Bertz CT molecular complexity index is 866. The van der Waals surface area contributed by atoms with Gasteiger partial charge in [-0.05, 0) is 48.0 Å². The van der Waals surface area contributed by atoms with Gasteiger partial charge in [-0.15, -0.1) is 5.10 Å². The van der Waals surface area contributed by atoms with Gasteiger partial charge in [0, 0.05) is 5.02 Å². The predicted octanol–water partition coefficient (Wildman–Crippen LogP) is 3.11. The standard InChI is InChI=1S/C17H12ClN3O3S/c18-13-3-1-2-12(8-13)16(23)24-14-6-4-11(5-7-14)9-19-21-17-20-15(22)10-25-17/h1-9H,10H2,(H,20,21,22). The maximum Gasteiger partial charge on any atom is 0.343 e. The highest BCUT2D eigenvalue weighted by atomic mass is 35.5. The molecule has 1 aliphatic rings. The number of rotatable bonds is 4. The van der Waals surface area contributed by atoms with Crippen LogP contribution in [0.4, 0.5) is 0 Å². The molecule has 3 rings (SSSR count). The highest BCUT2D eigenvalue weighted by molar-refractivity contribution is 8.15. The number of amidine groups is 1. The van der Waals surface area contributed by atoms with Gasteiger partial charge in [-0.2, -0.15) is 5.10 Å². The van der Waals surface area contributed by atoms with Gasteiger partial charge in [0.2, 0.25) is 5.91 Å². The monoisotopic (exact) mass is 373 g/mol. The summed E-state index contributed by atoms with van der Waals surface area (Å²) >= 11 is 7.16. The zero-order valence-corrected chi connectivity index (χ0v) is 14.4. The van der Waals surface area contributed by atoms with Gasteiger partial charge in [-0.1, -0.05) is 29.4 Å².